The SMILES string of the molecule is COC(=O)/C=C(/Nc1cccc(-c2csc(-c3ccccc3)n2)c1)C(=O)OC. The number of methoxy groups -OCH3 is 2. The first-order chi connectivity index (χ1) is 13.6. The molecular weight excluding hydrogens is 376 g/mol. The van der Waals surface area contributed by atoms with Crippen LogP contribution < -0.4 is 5.32 Å². The van der Waals surface area contributed by atoms with Gasteiger partial charge in [-0.25, -0.2) is 14.6 Å². The van der Waals surface area contributed by atoms with Crippen molar-refractivity contribution < 1.29 is 19.1 Å². The molecule has 142 valence electrons. The van der Waals surface area contributed by atoms with Gasteiger partial charge in [-0.1, -0.05) is 42.5 Å². The summed E-state index contributed by atoms with van der Waals surface area (Å²) in [7, 11) is 2.48. The molecule has 7 heteroatoms. The molecule has 0 bridgehead atoms. The standard InChI is InChI=1S/C21H18N2O4S/c1-26-19(24)12-17(21(25)27-2)22-16-10-6-9-15(11-16)18-13-28-20(23-18)14-7-4-3-5-8-14/h3-13,22H,1-2H3/b17-12+. The van der Waals surface area contributed by atoms with Crippen LogP contribution in [-0.4, -0.2) is 31.1 Å². The van der Waals surface area contributed by atoms with E-state index in [1.807, 2.05) is 53.9 Å². The molecule has 3 rings (SSSR count). The van der Waals surface area contributed by atoms with Crippen LogP contribution in [0.25, 0.3) is 21.8 Å². The summed E-state index contributed by atoms with van der Waals surface area (Å²) in [5.74, 6) is -1.33. The van der Waals surface area contributed by atoms with Crippen LogP contribution in [0.4, 0.5) is 5.69 Å². The number of carbonyl (C=O) groups excluding carboxylic acids is 2. The second kappa shape index (κ2) is 8.96. The van der Waals surface area contributed by atoms with Gasteiger partial charge < -0.3 is 14.8 Å². The molecule has 1 heterocycles. The minimum Gasteiger partial charge on any atom is -0.466 e. The van der Waals surface area contributed by atoms with Crippen molar-refractivity contribution in [2.75, 3.05) is 19.5 Å². The van der Waals surface area contributed by atoms with E-state index in [0.29, 0.717) is 5.69 Å². The lowest BCUT2D eigenvalue weighted by Crippen LogP contribution is -2.15. The van der Waals surface area contributed by atoms with Crippen LogP contribution in [0.5, 0.6) is 0 Å². The van der Waals surface area contributed by atoms with Crippen molar-refractivity contribution in [3.63, 3.8) is 0 Å². The number of hydrogen-bond acceptors (Lipinski definition) is 7. The van der Waals surface area contributed by atoms with E-state index in [0.717, 1.165) is 27.9 Å². The number of aromatic nitrogens is 1. The van der Waals surface area contributed by atoms with Crippen molar-refractivity contribution in [1.82, 2.24) is 4.98 Å². The van der Waals surface area contributed by atoms with E-state index in [2.05, 4.69) is 10.1 Å². The maximum atomic E-state index is 11.9. The third kappa shape index (κ3) is 4.63. The van der Waals surface area contributed by atoms with Gasteiger partial charge in [0.15, 0.2) is 0 Å². The monoisotopic (exact) mass is 394 g/mol. The molecule has 0 spiro atoms. The molecule has 0 aliphatic carbocycles. The van der Waals surface area contributed by atoms with E-state index in [1.54, 1.807) is 17.4 Å². The fourth-order valence-electron chi connectivity index (χ4n) is 2.46. The number of rotatable bonds is 6. The lowest BCUT2D eigenvalue weighted by Gasteiger charge is -2.10. The second-order valence-electron chi connectivity index (χ2n) is 5.68. The van der Waals surface area contributed by atoms with Gasteiger partial charge >= 0.3 is 11.9 Å². The van der Waals surface area contributed by atoms with Gasteiger partial charge in [0.1, 0.15) is 10.7 Å². The summed E-state index contributed by atoms with van der Waals surface area (Å²) in [5, 5.41) is 5.81. The first-order valence-electron chi connectivity index (χ1n) is 8.37. The summed E-state index contributed by atoms with van der Waals surface area (Å²) in [6, 6.07) is 17.3. The summed E-state index contributed by atoms with van der Waals surface area (Å²) in [6.45, 7) is 0. The number of nitrogens with zero attached hydrogens (tertiary/aromatic N) is 1. The minimum atomic E-state index is -0.671. The summed E-state index contributed by atoms with van der Waals surface area (Å²) >= 11 is 1.56. The van der Waals surface area contributed by atoms with E-state index in [4.69, 9.17) is 9.72 Å². The van der Waals surface area contributed by atoms with E-state index in [9.17, 15) is 9.59 Å². The summed E-state index contributed by atoms with van der Waals surface area (Å²) in [6.07, 6.45) is 1.05. The van der Waals surface area contributed by atoms with E-state index in [1.165, 1.54) is 14.2 Å². The Morgan fingerprint density at radius 2 is 1.75 bits per heavy atom. The minimum absolute atomic E-state index is 0.0187. The van der Waals surface area contributed by atoms with Gasteiger partial charge in [0.2, 0.25) is 0 Å². The number of carbonyl (C=O) groups is 2. The molecule has 6 nitrogen and oxygen atoms in total. The smallest absolute Gasteiger partial charge is 0.354 e. The highest BCUT2D eigenvalue weighted by Gasteiger charge is 2.13. The van der Waals surface area contributed by atoms with Gasteiger partial charge in [0, 0.05) is 22.2 Å². The van der Waals surface area contributed by atoms with Crippen LogP contribution >= 0.6 is 11.3 Å². The molecule has 0 radical (unpaired) electrons. The highest BCUT2D eigenvalue weighted by molar-refractivity contribution is 7.13. The molecule has 1 aromatic heterocycles. The molecule has 0 aliphatic heterocycles. The first-order valence-corrected chi connectivity index (χ1v) is 9.25. The van der Waals surface area contributed by atoms with Crippen LogP contribution in [0.2, 0.25) is 0 Å². The Bertz CT molecular complexity index is 1010. The molecule has 0 fully saturated rings. The summed E-state index contributed by atoms with van der Waals surface area (Å²) in [4.78, 5) is 28.1. The zero-order valence-corrected chi connectivity index (χ0v) is 16.2. The second-order valence-corrected chi connectivity index (χ2v) is 6.54. The van der Waals surface area contributed by atoms with Gasteiger partial charge in [-0.3, -0.25) is 0 Å². The Balaban J connectivity index is 1.86. The summed E-state index contributed by atoms with van der Waals surface area (Å²) < 4.78 is 9.29. The van der Waals surface area contributed by atoms with E-state index in [-0.39, 0.29) is 5.70 Å². The van der Waals surface area contributed by atoms with Gasteiger partial charge in [-0.05, 0) is 12.1 Å². The zero-order chi connectivity index (χ0) is 19.9. The highest BCUT2D eigenvalue weighted by atomic mass is 32.1. The van der Waals surface area contributed by atoms with Gasteiger partial charge in [0.05, 0.1) is 26.0 Å². The van der Waals surface area contributed by atoms with Crippen molar-refractivity contribution >= 4 is 29.0 Å². The van der Waals surface area contributed by atoms with Crippen molar-refractivity contribution in [3.05, 3.63) is 71.8 Å². The number of benzene rings is 2. The predicted octanol–water partition coefficient (Wildman–Crippen LogP) is 4.12. The molecule has 0 aliphatic rings. The molecule has 0 unspecified atom stereocenters. The zero-order valence-electron chi connectivity index (χ0n) is 15.3. The maximum Gasteiger partial charge on any atom is 0.354 e. The average molecular weight is 394 g/mol. The molecule has 3 aromatic rings. The number of anilines is 1. The quantitative estimate of drug-likeness (QED) is 0.501. The Kier molecular flexibility index (Phi) is 6.18. The fraction of sp³-hybridized carbons (Fsp3) is 0.0952. The third-order valence-electron chi connectivity index (χ3n) is 3.83. The number of ether oxygens (including phenoxy) is 2. The van der Waals surface area contributed by atoms with E-state index < -0.39 is 11.9 Å². The normalized spacial score (nSPS) is 11.0. The molecule has 0 atom stereocenters. The molecular formula is C21H18N2O4S. The Morgan fingerprint density at radius 3 is 2.46 bits per heavy atom. The van der Waals surface area contributed by atoms with Crippen molar-refractivity contribution in [2.24, 2.45) is 0 Å². The summed E-state index contributed by atoms with van der Waals surface area (Å²) in [5.41, 5.74) is 3.36. The van der Waals surface area contributed by atoms with Crippen molar-refractivity contribution in [3.8, 4) is 21.8 Å². The Labute approximate surface area is 166 Å². The number of hydrogen-bond donors (Lipinski definition) is 1. The van der Waals surface area contributed by atoms with Crippen LogP contribution in [0.15, 0.2) is 71.8 Å². The Hall–Kier alpha value is -3.45. The van der Waals surface area contributed by atoms with Crippen molar-refractivity contribution in [1.29, 1.82) is 0 Å². The van der Waals surface area contributed by atoms with Crippen LogP contribution in [-0.2, 0) is 19.1 Å². The molecule has 0 saturated carbocycles. The third-order valence-corrected chi connectivity index (χ3v) is 4.72. The largest absolute Gasteiger partial charge is 0.466 e. The van der Waals surface area contributed by atoms with Gasteiger partial charge in [-0.2, -0.15) is 0 Å². The van der Waals surface area contributed by atoms with Crippen LogP contribution in [0.3, 0.4) is 0 Å². The van der Waals surface area contributed by atoms with Gasteiger partial charge in [-0.15, -0.1) is 11.3 Å². The van der Waals surface area contributed by atoms with Crippen LogP contribution in [0.1, 0.15) is 0 Å². The molecule has 0 amide bonds. The molecule has 2 aromatic carbocycles. The van der Waals surface area contributed by atoms with E-state index >= 15 is 0 Å². The number of thiazole rings is 1. The molecule has 28 heavy (non-hydrogen) atoms. The lowest BCUT2D eigenvalue weighted by atomic mass is 10.1. The maximum absolute atomic E-state index is 11.9. The topological polar surface area (TPSA) is 77.5 Å². The fourth-order valence-corrected chi connectivity index (χ4v) is 3.30. The number of nitrogens with one attached hydrogen (secondary N) is 1. The molecule has 0 saturated heterocycles. The van der Waals surface area contributed by atoms with Crippen molar-refractivity contribution in [2.45, 2.75) is 0 Å². The first kappa shape index (κ1) is 19.3. The van der Waals surface area contributed by atoms with Crippen LogP contribution in [0, 0.1) is 0 Å². The number of esters is 2. The average Bonchev–Trinajstić information content (AvgIpc) is 3.24. The predicted molar refractivity (Wildman–Crippen MR) is 109 cm³/mol. The molecule has 1 N–H and O–H groups in total. The van der Waals surface area contributed by atoms with Gasteiger partial charge in [0.25, 0.3) is 0 Å². The highest BCUT2D eigenvalue weighted by Crippen LogP contribution is 2.30. The Morgan fingerprint density at radius 1 is 1.00 bits per heavy atom. The lowest BCUT2D eigenvalue weighted by molar-refractivity contribution is -0.138.